The third-order valence-corrected chi connectivity index (χ3v) is 5.35. The summed E-state index contributed by atoms with van der Waals surface area (Å²) in [4.78, 5) is 18.6. The molecule has 1 aromatic carbocycles. The number of benzene rings is 1. The molecule has 0 aliphatic carbocycles. The molecule has 0 spiro atoms. The van der Waals surface area contributed by atoms with Crippen molar-refractivity contribution in [1.29, 1.82) is 0 Å². The van der Waals surface area contributed by atoms with E-state index >= 15 is 0 Å². The summed E-state index contributed by atoms with van der Waals surface area (Å²) >= 11 is 0. The van der Waals surface area contributed by atoms with Crippen LogP contribution in [0.5, 0.6) is 0 Å². The molecule has 0 saturated carbocycles. The van der Waals surface area contributed by atoms with Crippen LogP contribution in [0.25, 0.3) is 5.57 Å². The van der Waals surface area contributed by atoms with Gasteiger partial charge in [0, 0.05) is 25.5 Å². The average molecular weight is 379 g/mol. The first-order valence-corrected chi connectivity index (χ1v) is 10.2. The number of aryl methyl sites for hydroxylation is 1. The van der Waals surface area contributed by atoms with Crippen LogP contribution in [0.1, 0.15) is 42.9 Å². The van der Waals surface area contributed by atoms with E-state index in [1.54, 1.807) is 0 Å². The standard InChI is InChI=1S/C24H30N2O2/c1-3-28-24(27)21-9-6-16-26(18-21)17-7-11-23(20-12-14-25-15-13-20)22-10-5-4-8-19(22)2/h4-5,8,10-15,21H,3,6-7,9,16-18H2,1-2H3/b23-11+. The van der Waals surface area contributed by atoms with Crippen LogP contribution in [0, 0.1) is 12.8 Å². The first-order valence-electron chi connectivity index (χ1n) is 10.2. The van der Waals surface area contributed by atoms with Gasteiger partial charge in [0.05, 0.1) is 12.5 Å². The van der Waals surface area contributed by atoms with E-state index in [-0.39, 0.29) is 11.9 Å². The summed E-state index contributed by atoms with van der Waals surface area (Å²) in [5, 5.41) is 0. The van der Waals surface area contributed by atoms with Gasteiger partial charge in [0.2, 0.25) is 0 Å². The van der Waals surface area contributed by atoms with Crippen molar-refractivity contribution in [1.82, 2.24) is 9.88 Å². The van der Waals surface area contributed by atoms with Crippen LogP contribution >= 0.6 is 0 Å². The molecule has 28 heavy (non-hydrogen) atoms. The monoisotopic (exact) mass is 378 g/mol. The second kappa shape index (κ2) is 10.2. The van der Waals surface area contributed by atoms with Gasteiger partial charge in [0.25, 0.3) is 0 Å². The molecule has 0 N–H and O–H groups in total. The number of ether oxygens (including phenoxy) is 1. The molecule has 0 amide bonds. The van der Waals surface area contributed by atoms with Crippen LogP contribution in [0.2, 0.25) is 0 Å². The molecule has 4 heteroatoms. The Morgan fingerprint density at radius 3 is 2.79 bits per heavy atom. The number of likely N-dealkylation sites (tertiary alicyclic amines) is 1. The fourth-order valence-electron chi connectivity index (χ4n) is 3.89. The van der Waals surface area contributed by atoms with E-state index in [4.69, 9.17) is 4.74 Å². The van der Waals surface area contributed by atoms with Crippen LogP contribution in [0.4, 0.5) is 0 Å². The minimum absolute atomic E-state index is 0.0220. The largest absolute Gasteiger partial charge is 0.466 e. The summed E-state index contributed by atoms with van der Waals surface area (Å²) in [7, 11) is 0. The third kappa shape index (κ3) is 5.29. The fraction of sp³-hybridized carbons (Fsp3) is 0.417. The summed E-state index contributed by atoms with van der Waals surface area (Å²) in [6.07, 6.45) is 8.96. The first-order chi connectivity index (χ1) is 13.7. The number of hydrogen-bond acceptors (Lipinski definition) is 4. The van der Waals surface area contributed by atoms with E-state index in [2.05, 4.69) is 59.3 Å². The molecule has 1 fully saturated rings. The average Bonchev–Trinajstić information content (AvgIpc) is 2.73. The number of aromatic nitrogens is 1. The Balaban J connectivity index is 1.70. The molecule has 4 nitrogen and oxygen atoms in total. The predicted octanol–water partition coefficient (Wildman–Crippen LogP) is 4.49. The maximum Gasteiger partial charge on any atom is 0.310 e. The highest BCUT2D eigenvalue weighted by atomic mass is 16.5. The fourth-order valence-corrected chi connectivity index (χ4v) is 3.89. The number of nitrogens with zero attached hydrogens (tertiary/aromatic N) is 2. The normalized spacial score (nSPS) is 18.1. The molecule has 0 radical (unpaired) electrons. The van der Waals surface area contributed by atoms with Crippen molar-refractivity contribution in [2.45, 2.75) is 33.1 Å². The van der Waals surface area contributed by atoms with Gasteiger partial charge in [-0.1, -0.05) is 30.3 Å². The van der Waals surface area contributed by atoms with E-state index in [0.717, 1.165) is 38.9 Å². The van der Waals surface area contributed by atoms with Gasteiger partial charge in [-0.25, -0.2) is 0 Å². The summed E-state index contributed by atoms with van der Waals surface area (Å²) in [5.74, 6) is -0.0196. The van der Waals surface area contributed by atoms with E-state index < -0.39 is 0 Å². The first kappa shape index (κ1) is 20.3. The SMILES string of the molecule is CCOC(=O)C1CCCN(CC/C=C(\c2ccncc2)c2ccccc2C)C1. The van der Waals surface area contributed by atoms with Gasteiger partial charge in [0.15, 0.2) is 0 Å². The lowest BCUT2D eigenvalue weighted by atomic mass is 9.94. The Kier molecular flexibility index (Phi) is 7.38. The lowest BCUT2D eigenvalue weighted by molar-refractivity contribution is -0.149. The number of rotatable bonds is 7. The zero-order valence-corrected chi connectivity index (χ0v) is 16.9. The van der Waals surface area contributed by atoms with Crippen LogP contribution < -0.4 is 0 Å². The molecule has 1 atom stereocenters. The minimum atomic E-state index is -0.0415. The summed E-state index contributed by atoms with van der Waals surface area (Å²) in [6, 6.07) is 12.6. The topological polar surface area (TPSA) is 42.4 Å². The number of piperidine rings is 1. The minimum Gasteiger partial charge on any atom is -0.466 e. The van der Waals surface area contributed by atoms with Crippen molar-refractivity contribution in [2.75, 3.05) is 26.2 Å². The van der Waals surface area contributed by atoms with Crippen molar-refractivity contribution < 1.29 is 9.53 Å². The molecule has 148 valence electrons. The highest BCUT2D eigenvalue weighted by Gasteiger charge is 2.26. The smallest absolute Gasteiger partial charge is 0.310 e. The molecule has 1 saturated heterocycles. The predicted molar refractivity (Wildman–Crippen MR) is 113 cm³/mol. The lowest BCUT2D eigenvalue weighted by Gasteiger charge is -2.31. The van der Waals surface area contributed by atoms with Crippen LogP contribution in [-0.2, 0) is 9.53 Å². The molecular formula is C24H30N2O2. The van der Waals surface area contributed by atoms with Gasteiger partial charge < -0.3 is 9.64 Å². The number of hydrogen-bond donors (Lipinski definition) is 0. The Labute approximate surface area is 168 Å². The molecule has 2 heterocycles. The van der Waals surface area contributed by atoms with Crippen molar-refractivity contribution in [2.24, 2.45) is 5.92 Å². The van der Waals surface area contributed by atoms with Crippen LogP contribution in [0.3, 0.4) is 0 Å². The Bertz CT molecular complexity index is 801. The molecule has 1 aliphatic heterocycles. The number of carbonyl (C=O) groups is 1. The highest BCUT2D eigenvalue weighted by Crippen LogP contribution is 2.26. The van der Waals surface area contributed by atoms with E-state index in [9.17, 15) is 4.79 Å². The van der Waals surface area contributed by atoms with Crippen LogP contribution in [0.15, 0.2) is 54.9 Å². The molecule has 3 rings (SSSR count). The van der Waals surface area contributed by atoms with Crippen molar-refractivity contribution in [3.8, 4) is 0 Å². The van der Waals surface area contributed by atoms with Crippen molar-refractivity contribution >= 4 is 11.5 Å². The van der Waals surface area contributed by atoms with Gasteiger partial charge in [-0.3, -0.25) is 9.78 Å². The number of carbonyl (C=O) groups excluding carboxylic acids is 1. The second-order valence-corrected chi connectivity index (χ2v) is 7.35. The molecule has 1 aromatic heterocycles. The van der Waals surface area contributed by atoms with E-state index in [1.807, 2.05) is 19.3 Å². The Hall–Kier alpha value is -2.46. The van der Waals surface area contributed by atoms with Crippen LogP contribution in [-0.4, -0.2) is 42.1 Å². The molecule has 2 aromatic rings. The van der Waals surface area contributed by atoms with Gasteiger partial charge >= 0.3 is 5.97 Å². The quantitative estimate of drug-likeness (QED) is 0.666. The Morgan fingerprint density at radius 1 is 1.25 bits per heavy atom. The highest BCUT2D eigenvalue weighted by molar-refractivity contribution is 5.81. The third-order valence-electron chi connectivity index (χ3n) is 5.35. The van der Waals surface area contributed by atoms with Crippen molar-refractivity contribution in [3.05, 3.63) is 71.6 Å². The number of esters is 1. The van der Waals surface area contributed by atoms with Gasteiger partial charge in [-0.2, -0.15) is 0 Å². The number of pyridine rings is 1. The molecular weight excluding hydrogens is 348 g/mol. The maximum absolute atomic E-state index is 12.1. The second-order valence-electron chi connectivity index (χ2n) is 7.35. The zero-order valence-electron chi connectivity index (χ0n) is 16.9. The molecule has 1 unspecified atom stereocenters. The van der Waals surface area contributed by atoms with Crippen molar-refractivity contribution in [3.63, 3.8) is 0 Å². The van der Waals surface area contributed by atoms with Gasteiger partial charge in [-0.05, 0) is 74.1 Å². The van der Waals surface area contributed by atoms with Gasteiger partial charge in [-0.15, -0.1) is 0 Å². The van der Waals surface area contributed by atoms with E-state index in [1.165, 1.54) is 22.3 Å². The Morgan fingerprint density at radius 2 is 2.04 bits per heavy atom. The molecule has 1 aliphatic rings. The maximum atomic E-state index is 12.1. The van der Waals surface area contributed by atoms with E-state index in [0.29, 0.717) is 6.61 Å². The molecule has 0 bridgehead atoms. The zero-order chi connectivity index (χ0) is 19.8. The summed E-state index contributed by atoms with van der Waals surface area (Å²) < 4.78 is 5.22. The lowest BCUT2D eigenvalue weighted by Crippen LogP contribution is -2.39. The summed E-state index contributed by atoms with van der Waals surface area (Å²) in [6.45, 7) is 7.30. The summed E-state index contributed by atoms with van der Waals surface area (Å²) in [5.41, 5.74) is 4.97. The van der Waals surface area contributed by atoms with Gasteiger partial charge in [0.1, 0.15) is 0 Å².